The maximum atomic E-state index is 12.6. The maximum absolute atomic E-state index is 12.6. The van der Waals surface area contributed by atoms with Crippen LogP contribution in [0.15, 0.2) is 42.5 Å². The number of anilines is 1. The van der Waals surface area contributed by atoms with Crippen molar-refractivity contribution in [3.05, 3.63) is 58.6 Å². The highest BCUT2D eigenvalue weighted by Gasteiger charge is 2.37. The average Bonchev–Trinajstić information content (AvgIpc) is 2.77. The molecule has 0 aliphatic carbocycles. The Morgan fingerprint density at radius 2 is 1.93 bits per heavy atom. The van der Waals surface area contributed by atoms with Crippen molar-refractivity contribution >= 4 is 23.3 Å². The van der Waals surface area contributed by atoms with Crippen LogP contribution in [-0.2, 0) is 16.7 Å². The highest BCUT2D eigenvalue weighted by molar-refractivity contribution is 6.30. The second kappa shape index (κ2) is 10.0. The third-order valence-corrected chi connectivity index (χ3v) is 5.89. The molecule has 0 radical (unpaired) electrons. The van der Waals surface area contributed by atoms with Gasteiger partial charge in [-0.15, -0.1) is 0 Å². The molecule has 2 aromatic rings. The van der Waals surface area contributed by atoms with Crippen molar-refractivity contribution in [1.82, 2.24) is 10.6 Å². The lowest BCUT2D eigenvalue weighted by atomic mass is 9.73. The summed E-state index contributed by atoms with van der Waals surface area (Å²) in [6.07, 6.45) is 1.57. The molecule has 6 nitrogen and oxygen atoms in total. The van der Waals surface area contributed by atoms with Crippen LogP contribution in [0.1, 0.15) is 24.0 Å². The minimum Gasteiger partial charge on any atom is -0.496 e. The van der Waals surface area contributed by atoms with Gasteiger partial charge in [0, 0.05) is 62.1 Å². The minimum absolute atomic E-state index is 0.197. The number of methoxy groups -OCH3 is 1. The zero-order chi connectivity index (χ0) is 21.6. The molecule has 2 amide bonds. The molecule has 0 unspecified atom stereocenters. The van der Waals surface area contributed by atoms with E-state index in [1.54, 1.807) is 7.11 Å². The Morgan fingerprint density at radius 1 is 1.17 bits per heavy atom. The van der Waals surface area contributed by atoms with Gasteiger partial charge in [-0.1, -0.05) is 23.7 Å². The van der Waals surface area contributed by atoms with Crippen LogP contribution in [0.3, 0.4) is 0 Å². The summed E-state index contributed by atoms with van der Waals surface area (Å²) in [5.41, 5.74) is 2.88. The monoisotopic (exact) mass is 431 g/mol. The molecular formula is C23H30ClN3O3. The summed E-state index contributed by atoms with van der Waals surface area (Å²) < 4.78 is 11.2. The summed E-state index contributed by atoms with van der Waals surface area (Å²) in [6.45, 7) is 2.22. The van der Waals surface area contributed by atoms with Gasteiger partial charge in [-0.3, -0.25) is 0 Å². The average molecular weight is 432 g/mol. The highest BCUT2D eigenvalue weighted by atomic mass is 35.5. The zero-order valence-electron chi connectivity index (χ0n) is 17.8. The van der Waals surface area contributed by atoms with Crippen molar-refractivity contribution in [2.75, 3.05) is 45.9 Å². The molecule has 1 heterocycles. The van der Waals surface area contributed by atoms with Gasteiger partial charge in [0.2, 0.25) is 0 Å². The number of hydrogen-bond donors (Lipinski definition) is 2. The fraction of sp³-hybridized carbons (Fsp3) is 0.435. The van der Waals surface area contributed by atoms with E-state index in [4.69, 9.17) is 21.1 Å². The van der Waals surface area contributed by atoms with E-state index in [2.05, 4.69) is 16.7 Å². The Kier molecular flexibility index (Phi) is 7.45. The Balaban J connectivity index is 1.67. The van der Waals surface area contributed by atoms with E-state index in [9.17, 15) is 4.79 Å². The SMILES string of the molecule is COc1ccc(Cl)cc1C1(CNC(=O)NCc2cccc(N(C)C)c2)CCOCC1. The molecule has 7 heteroatoms. The van der Waals surface area contributed by atoms with Crippen molar-refractivity contribution in [2.45, 2.75) is 24.8 Å². The topological polar surface area (TPSA) is 62.8 Å². The van der Waals surface area contributed by atoms with Gasteiger partial charge in [0.1, 0.15) is 5.75 Å². The number of carbonyl (C=O) groups excluding carboxylic acids is 1. The van der Waals surface area contributed by atoms with Crippen molar-refractivity contribution < 1.29 is 14.3 Å². The molecule has 1 aliphatic heterocycles. The molecule has 162 valence electrons. The molecule has 2 N–H and O–H groups in total. The van der Waals surface area contributed by atoms with Crippen LogP contribution < -0.4 is 20.3 Å². The van der Waals surface area contributed by atoms with Crippen LogP contribution in [-0.4, -0.2) is 47.0 Å². The van der Waals surface area contributed by atoms with Crippen LogP contribution >= 0.6 is 11.6 Å². The van der Waals surface area contributed by atoms with Crippen molar-refractivity contribution in [3.63, 3.8) is 0 Å². The van der Waals surface area contributed by atoms with Gasteiger partial charge in [0.15, 0.2) is 0 Å². The number of halogens is 1. The Bertz CT molecular complexity index is 867. The van der Waals surface area contributed by atoms with E-state index in [-0.39, 0.29) is 11.4 Å². The summed E-state index contributed by atoms with van der Waals surface area (Å²) in [5.74, 6) is 0.781. The molecule has 2 aromatic carbocycles. The third kappa shape index (κ3) is 5.37. The van der Waals surface area contributed by atoms with Crippen molar-refractivity contribution in [3.8, 4) is 5.75 Å². The number of carbonyl (C=O) groups is 1. The van der Waals surface area contributed by atoms with Crippen LogP contribution in [0.5, 0.6) is 5.75 Å². The van der Waals surface area contributed by atoms with Gasteiger partial charge >= 0.3 is 6.03 Å². The second-order valence-corrected chi connectivity index (χ2v) is 8.27. The molecular weight excluding hydrogens is 402 g/mol. The lowest BCUT2D eigenvalue weighted by molar-refractivity contribution is 0.0498. The molecule has 30 heavy (non-hydrogen) atoms. The standard InChI is InChI=1S/C23H30ClN3O3/c1-27(2)19-6-4-5-17(13-19)15-25-22(28)26-16-23(9-11-30-12-10-23)20-14-18(24)7-8-21(20)29-3/h4-8,13-14H,9-12,15-16H2,1-3H3,(H2,25,26,28). The first kappa shape index (κ1) is 22.2. The molecule has 1 aliphatic rings. The molecule has 1 fully saturated rings. The molecule has 0 bridgehead atoms. The van der Waals surface area contributed by atoms with Crippen LogP contribution in [0.25, 0.3) is 0 Å². The minimum atomic E-state index is -0.281. The number of nitrogens with one attached hydrogen (secondary N) is 2. The summed E-state index contributed by atoms with van der Waals surface area (Å²) in [5, 5.41) is 6.67. The summed E-state index contributed by atoms with van der Waals surface area (Å²) in [4.78, 5) is 14.6. The number of rotatable bonds is 7. The summed E-state index contributed by atoms with van der Waals surface area (Å²) >= 11 is 6.28. The highest BCUT2D eigenvalue weighted by Crippen LogP contribution is 2.40. The molecule has 0 atom stereocenters. The summed E-state index contributed by atoms with van der Waals surface area (Å²) in [6, 6.07) is 13.5. The molecule has 1 saturated heterocycles. The van der Waals surface area contributed by atoms with Gasteiger partial charge in [0.05, 0.1) is 7.11 Å². The van der Waals surface area contributed by atoms with Crippen LogP contribution in [0.2, 0.25) is 5.02 Å². The van der Waals surface area contributed by atoms with Gasteiger partial charge in [-0.05, 0) is 48.7 Å². The van der Waals surface area contributed by atoms with E-state index in [1.807, 2.05) is 55.4 Å². The molecule has 3 rings (SSSR count). The van der Waals surface area contributed by atoms with Crippen LogP contribution in [0, 0.1) is 0 Å². The number of benzene rings is 2. The number of nitrogens with zero attached hydrogens (tertiary/aromatic N) is 1. The van der Waals surface area contributed by atoms with Gasteiger partial charge in [-0.25, -0.2) is 4.79 Å². The number of urea groups is 1. The Hall–Kier alpha value is -2.44. The first-order chi connectivity index (χ1) is 14.4. The summed E-state index contributed by atoms with van der Waals surface area (Å²) in [7, 11) is 5.65. The van der Waals surface area contributed by atoms with E-state index < -0.39 is 0 Å². The molecule has 0 aromatic heterocycles. The third-order valence-electron chi connectivity index (χ3n) is 5.65. The van der Waals surface area contributed by atoms with Crippen molar-refractivity contribution in [1.29, 1.82) is 0 Å². The van der Waals surface area contributed by atoms with E-state index >= 15 is 0 Å². The first-order valence-electron chi connectivity index (χ1n) is 10.1. The van der Waals surface area contributed by atoms with Crippen molar-refractivity contribution in [2.24, 2.45) is 0 Å². The maximum Gasteiger partial charge on any atom is 0.315 e. The molecule has 0 saturated carbocycles. The smallest absolute Gasteiger partial charge is 0.315 e. The lowest BCUT2D eigenvalue weighted by Gasteiger charge is -2.38. The number of amides is 2. The van der Waals surface area contributed by atoms with Gasteiger partial charge in [0.25, 0.3) is 0 Å². The Labute approximate surface area is 183 Å². The number of ether oxygens (including phenoxy) is 2. The predicted octanol–water partition coefficient (Wildman–Crippen LogP) is 3.96. The van der Waals surface area contributed by atoms with Gasteiger partial charge in [-0.2, -0.15) is 0 Å². The van der Waals surface area contributed by atoms with E-state index in [0.717, 1.165) is 35.4 Å². The zero-order valence-corrected chi connectivity index (χ0v) is 18.6. The predicted molar refractivity (Wildman–Crippen MR) is 121 cm³/mol. The second-order valence-electron chi connectivity index (χ2n) is 7.84. The normalized spacial score (nSPS) is 15.3. The fourth-order valence-corrected chi connectivity index (χ4v) is 4.01. The fourth-order valence-electron chi connectivity index (χ4n) is 3.84. The first-order valence-corrected chi connectivity index (χ1v) is 10.5. The lowest BCUT2D eigenvalue weighted by Crippen LogP contribution is -2.47. The quantitative estimate of drug-likeness (QED) is 0.696. The number of hydrogen-bond acceptors (Lipinski definition) is 4. The largest absolute Gasteiger partial charge is 0.496 e. The Morgan fingerprint density at radius 3 is 2.63 bits per heavy atom. The van der Waals surface area contributed by atoms with E-state index in [1.165, 1.54) is 0 Å². The van der Waals surface area contributed by atoms with E-state index in [0.29, 0.717) is 31.3 Å². The van der Waals surface area contributed by atoms with Crippen LogP contribution in [0.4, 0.5) is 10.5 Å². The molecule has 0 spiro atoms. The van der Waals surface area contributed by atoms with Gasteiger partial charge < -0.3 is 25.0 Å².